The molecule has 1 heterocycles. The van der Waals surface area contributed by atoms with E-state index < -0.39 is 59.2 Å². The number of benzene rings is 2. The van der Waals surface area contributed by atoms with Crippen LogP contribution in [0.2, 0.25) is 0 Å². The van der Waals surface area contributed by atoms with E-state index in [1.807, 2.05) is 6.92 Å². The SMILES string of the molecule is CCCC[C@@H]1C(=O)N(C)[C@@H](Cc2cc(F)cc(F)c2)C(=O)N[C@H](Cc2cccc(C(F)(F)F)c2)C(=O)NCCCCC(=O)N1C. The lowest BCUT2D eigenvalue weighted by atomic mass is 9.99. The Morgan fingerprint density at radius 1 is 0.844 bits per heavy atom. The second-order valence-electron chi connectivity index (χ2n) is 11.3. The van der Waals surface area contributed by atoms with Crippen LogP contribution in [-0.2, 0) is 38.2 Å². The molecule has 2 aromatic rings. The molecule has 0 unspecified atom stereocenters. The molecule has 0 spiro atoms. The van der Waals surface area contributed by atoms with Gasteiger partial charge in [-0.2, -0.15) is 13.2 Å². The van der Waals surface area contributed by atoms with Crippen molar-refractivity contribution in [1.82, 2.24) is 20.4 Å². The predicted octanol–water partition coefficient (Wildman–Crippen LogP) is 4.40. The Balaban J connectivity index is 2.04. The summed E-state index contributed by atoms with van der Waals surface area (Å²) in [4.78, 5) is 56.5. The Hall–Kier alpha value is -4.03. The minimum Gasteiger partial charge on any atom is -0.354 e. The van der Waals surface area contributed by atoms with E-state index >= 15 is 0 Å². The molecule has 8 nitrogen and oxygen atoms in total. The van der Waals surface area contributed by atoms with E-state index in [9.17, 15) is 41.1 Å². The van der Waals surface area contributed by atoms with E-state index in [0.717, 1.165) is 35.6 Å². The molecule has 13 heteroatoms. The zero-order valence-corrected chi connectivity index (χ0v) is 25.6. The topological polar surface area (TPSA) is 98.8 Å². The number of alkyl halides is 3. The highest BCUT2D eigenvalue weighted by Crippen LogP contribution is 2.30. The Morgan fingerprint density at radius 3 is 2.18 bits per heavy atom. The molecule has 1 fully saturated rings. The molecule has 0 bridgehead atoms. The van der Waals surface area contributed by atoms with Crippen LogP contribution < -0.4 is 10.6 Å². The summed E-state index contributed by atoms with van der Waals surface area (Å²) >= 11 is 0. The standard InChI is InChI=1S/C32H39F5N4O4/c1-4-5-11-26-31(45)41(3)27(18-21-15-23(33)19-24(34)16-21)30(44)39-25(17-20-9-8-10-22(14-20)32(35,36)37)29(43)38-13-7-6-12-28(42)40(26)2/h8-10,14-16,19,25-27H,4-7,11-13,17-18H2,1-3H3,(H,38,43)(H,39,44)/t25-,26-,27+/m1/s1. The normalized spacial score (nSPS) is 21.2. The first-order valence-electron chi connectivity index (χ1n) is 14.9. The van der Waals surface area contributed by atoms with E-state index in [-0.39, 0.29) is 42.8 Å². The Bertz CT molecular complexity index is 1350. The van der Waals surface area contributed by atoms with Crippen molar-refractivity contribution in [1.29, 1.82) is 0 Å². The molecule has 1 aliphatic rings. The Morgan fingerprint density at radius 2 is 1.53 bits per heavy atom. The fourth-order valence-electron chi connectivity index (χ4n) is 5.30. The molecule has 2 N–H and O–H groups in total. The molecule has 4 amide bonds. The van der Waals surface area contributed by atoms with Gasteiger partial charge in [-0.1, -0.05) is 38.0 Å². The van der Waals surface area contributed by atoms with Crippen molar-refractivity contribution in [2.75, 3.05) is 20.6 Å². The van der Waals surface area contributed by atoms with Crippen LogP contribution in [-0.4, -0.2) is 72.2 Å². The zero-order valence-electron chi connectivity index (χ0n) is 25.6. The largest absolute Gasteiger partial charge is 0.416 e. The van der Waals surface area contributed by atoms with E-state index in [1.165, 1.54) is 31.1 Å². The van der Waals surface area contributed by atoms with Crippen LogP contribution in [0.4, 0.5) is 22.0 Å². The molecular weight excluding hydrogens is 599 g/mol. The molecule has 0 aromatic heterocycles. The summed E-state index contributed by atoms with van der Waals surface area (Å²) in [5.74, 6) is -4.21. The van der Waals surface area contributed by atoms with E-state index in [2.05, 4.69) is 10.6 Å². The lowest BCUT2D eigenvalue weighted by molar-refractivity contribution is -0.148. The van der Waals surface area contributed by atoms with Gasteiger partial charge in [-0.15, -0.1) is 0 Å². The van der Waals surface area contributed by atoms with Crippen LogP contribution in [0.15, 0.2) is 42.5 Å². The van der Waals surface area contributed by atoms with Crippen LogP contribution in [0, 0.1) is 11.6 Å². The molecule has 3 atom stereocenters. The molecule has 45 heavy (non-hydrogen) atoms. The summed E-state index contributed by atoms with van der Waals surface area (Å²) in [5, 5.41) is 5.25. The van der Waals surface area contributed by atoms with Crippen molar-refractivity contribution < 1.29 is 41.1 Å². The summed E-state index contributed by atoms with van der Waals surface area (Å²) in [6.45, 7) is 2.06. The maximum absolute atomic E-state index is 14.1. The Labute approximate surface area is 259 Å². The van der Waals surface area contributed by atoms with Crippen molar-refractivity contribution in [2.45, 2.75) is 82.6 Å². The number of carbonyl (C=O) groups is 4. The number of amides is 4. The fraction of sp³-hybridized carbons (Fsp3) is 0.500. The van der Waals surface area contributed by atoms with E-state index in [0.29, 0.717) is 31.7 Å². The average molecular weight is 639 g/mol. The summed E-state index contributed by atoms with van der Waals surface area (Å²) < 4.78 is 68.4. The van der Waals surface area contributed by atoms with Gasteiger partial charge in [0.1, 0.15) is 29.8 Å². The molecule has 2 aromatic carbocycles. The first-order valence-corrected chi connectivity index (χ1v) is 14.9. The highest BCUT2D eigenvalue weighted by Gasteiger charge is 2.37. The van der Waals surface area contributed by atoms with Crippen molar-refractivity contribution in [3.63, 3.8) is 0 Å². The second-order valence-corrected chi connectivity index (χ2v) is 11.3. The van der Waals surface area contributed by atoms with Gasteiger partial charge in [0.25, 0.3) is 0 Å². The smallest absolute Gasteiger partial charge is 0.354 e. The van der Waals surface area contributed by atoms with Crippen molar-refractivity contribution in [3.8, 4) is 0 Å². The third-order valence-corrected chi connectivity index (χ3v) is 7.89. The highest BCUT2D eigenvalue weighted by atomic mass is 19.4. The van der Waals surface area contributed by atoms with Gasteiger partial charge in [-0.25, -0.2) is 8.78 Å². The van der Waals surface area contributed by atoms with Crippen LogP contribution in [0.25, 0.3) is 0 Å². The van der Waals surface area contributed by atoms with Gasteiger partial charge in [-0.05, 0) is 48.6 Å². The number of unbranched alkanes of at least 4 members (excludes halogenated alkanes) is 1. The minimum atomic E-state index is -4.63. The number of likely N-dealkylation sites (N-methyl/N-ethyl adjacent to an activating group) is 2. The first-order chi connectivity index (χ1) is 21.2. The maximum atomic E-state index is 14.1. The molecule has 1 aliphatic heterocycles. The zero-order chi connectivity index (χ0) is 33.3. The van der Waals surface area contributed by atoms with Gasteiger partial charge in [0.05, 0.1) is 5.56 Å². The van der Waals surface area contributed by atoms with E-state index in [4.69, 9.17) is 0 Å². The minimum absolute atomic E-state index is 0.0543. The monoisotopic (exact) mass is 638 g/mol. The van der Waals surface area contributed by atoms with Crippen LogP contribution >= 0.6 is 0 Å². The van der Waals surface area contributed by atoms with Crippen molar-refractivity contribution in [3.05, 3.63) is 70.8 Å². The van der Waals surface area contributed by atoms with Crippen LogP contribution in [0.3, 0.4) is 0 Å². The fourth-order valence-corrected chi connectivity index (χ4v) is 5.30. The van der Waals surface area contributed by atoms with Gasteiger partial charge in [0.15, 0.2) is 0 Å². The summed E-state index contributed by atoms with van der Waals surface area (Å²) in [6, 6.07) is 3.39. The van der Waals surface area contributed by atoms with Crippen LogP contribution in [0.5, 0.6) is 0 Å². The summed E-state index contributed by atoms with van der Waals surface area (Å²) in [7, 11) is 2.84. The van der Waals surface area contributed by atoms with Crippen molar-refractivity contribution in [2.24, 2.45) is 0 Å². The van der Waals surface area contributed by atoms with Gasteiger partial charge in [-0.3, -0.25) is 19.2 Å². The number of nitrogens with zero attached hydrogens (tertiary/aromatic N) is 2. The number of hydrogen-bond donors (Lipinski definition) is 2. The maximum Gasteiger partial charge on any atom is 0.416 e. The van der Waals surface area contributed by atoms with Gasteiger partial charge < -0.3 is 20.4 Å². The molecule has 0 radical (unpaired) electrons. The first kappa shape index (κ1) is 35.4. The Kier molecular flexibility index (Phi) is 12.5. The van der Waals surface area contributed by atoms with Crippen molar-refractivity contribution >= 4 is 23.6 Å². The molecule has 1 saturated heterocycles. The number of halogens is 5. The second kappa shape index (κ2) is 15.8. The lowest BCUT2D eigenvalue weighted by Gasteiger charge is -2.35. The van der Waals surface area contributed by atoms with Gasteiger partial charge in [0, 0.05) is 46.0 Å². The number of hydrogen-bond acceptors (Lipinski definition) is 4. The number of rotatable bonds is 7. The predicted molar refractivity (Wildman–Crippen MR) is 157 cm³/mol. The van der Waals surface area contributed by atoms with Gasteiger partial charge in [0.2, 0.25) is 23.6 Å². The molecule has 0 aliphatic carbocycles. The number of carbonyl (C=O) groups excluding carboxylic acids is 4. The lowest BCUT2D eigenvalue weighted by Crippen LogP contribution is -2.58. The third kappa shape index (κ3) is 9.98. The number of nitrogens with one attached hydrogen (secondary N) is 2. The third-order valence-electron chi connectivity index (χ3n) is 7.89. The van der Waals surface area contributed by atoms with Gasteiger partial charge >= 0.3 is 6.18 Å². The van der Waals surface area contributed by atoms with Crippen LogP contribution in [0.1, 0.15) is 62.1 Å². The summed E-state index contributed by atoms with van der Waals surface area (Å²) in [6.07, 6.45) is -2.75. The van der Waals surface area contributed by atoms with E-state index in [1.54, 1.807) is 0 Å². The highest BCUT2D eigenvalue weighted by molar-refractivity contribution is 5.94. The average Bonchev–Trinajstić information content (AvgIpc) is 2.97. The quantitative estimate of drug-likeness (QED) is 0.440. The summed E-state index contributed by atoms with van der Waals surface area (Å²) in [5.41, 5.74) is -0.742. The molecule has 0 saturated carbocycles. The molecule has 246 valence electrons. The molecular formula is C32H39F5N4O4. The molecule has 3 rings (SSSR count).